The highest BCUT2D eigenvalue weighted by atomic mass is 32.2. The average Bonchev–Trinajstić information content (AvgIpc) is 3.14. The molecule has 0 bridgehead atoms. The molecule has 32 heavy (non-hydrogen) atoms. The van der Waals surface area contributed by atoms with Crippen molar-refractivity contribution in [1.29, 1.82) is 0 Å². The second kappa shape index (κ2) is 9.16. The summed E-state index contributed by atoms with van der Waals surface area (Å²) in [7, 11) is 0. The van der Waals surface area contributed by atoms with Crippen LogP contribution in [0.5, 0.6) is 5.75 Å². The van der Waals surface area contributed by atoms with Crippen molar-refractivity contribution in [2.24, 2.45) is 0 Å². The molecule has 0 spiro atoms. The maximum absolute atomic E-state index is 14.0. The zero-order valence-corrected chi connectivity index (χ0v) is 19.2. The first-order chi connectivity index (χ1) is 15.3. The van der Waals surface area contributed by atoms with E-state index < -0.39 is 6.04 Å². The summed E-state index contributed by atoms with van der Waals surface area (Å²) >= 11 is 1.35. The van der Waals surface area contributed by atoms with Crippen LogP contribution in [0.4, 0.5) is 10.3 Å². The fourth-order valence-corrected chi connectivity index (χ4v) is 4.56. The number of ketones is 1. The van der Waals surface area contributed by atoms with E-state index in [0.29, 0.717) is 28.0 Å². The summed E-state index contributed by atoms with van der Waals surface area (Å²) in [4.78, 5) is 17.2. The molecule has 2 heterocycles. The van der Waals surface area contributed by atoms with E-state index in [9.17, 15) is 9.18 Å². The number of benzene rings is 2. The summed E-state index contributed by atoms with van der Waals surface area (Å²) < 4.78 is 21.6. The SMILES string of the molecule is CC(=O)C1=C(C)Nc2nc(SCc3ccccc3F)nn2C1c1cccc(OC(C)C)c1. The molecule has 0 radical (unpaired) electrons. The summed E-state index contributed by atoms with van der Waals surface area (Å²) in [6.45, 7) is 7.36. The molecule has 0 saturated carbocycles. The van der Waals surface area contributed by atoms with E-state index in [1.807, 2.05) is 45.0 Å². The van der Waals surface area contributed by atoms with Gasteiger partial charge in [-0.2, -0.15) is 4.98 Å². The predicted molar refractivity (Wildman–Crippen MR) is 123 cm³/mol. The third kappa shape index (κ3) is 4.55. The van der Waals surface area contributed by atoms with Crippen molar-refractivity contribution in [3.63, 3.8) is 0 Å². The molecule has 4 rings (SSSR count). The highest BCUT2D eigenvalue weighted by Crippen LogP contribution is 2.37. The number of carbonyl (C=O) groups is 1. The summed E-state index contributed by atoms with van der Waals surface area (Å²) in [6.07, 6.45) is 0.0335. The molecule has 3 aromatic rings. The third-order valence-electron chi connectivity index (χ3n) is 5.07. The first kappa shape index (κ1) is 22.1. The van der Waals surface area contributed by atoms with Crippen molar-refractivity contribution in [1.82, 2.24) is 14.8 Å². The Bertz CT molecular complexity index is 1190. The lowest BCUT2D eigenvalue weighted by atomic mass is 9.93. The van der Waals surface area contributed by atoms with Crippen molar-refractivity contribution in [2.45, 2.75) is 50.8 Å². The first-order valence-electron chi connectivity index (χ1n) is 10.4. The Balaban J connectivity index is 1.70. The molecular formula is C24H25FN4O2S. The smallest absolute Gasteiger partial charge is 0.227 e. The van der Waals surface area contributed by atoms with Gasteiger partial charge in [-0.1, -0.05) is 42.1 Å². The van der Waals surface area contributed by atoms with Gasteiger partial charge in [0.1, 0.15) is 17.6 Å². The average molecular weight is 453 g/mol. The van der Waals surface area contributed by atoms with Gasteiger partial charge in [-0.15, -0.1) is 5.10 Å². The van der Waals surface area contributed by atoms with Crippen LogP contribution in [0.15, 0.2) is 65.0 Å². The third-order valence-corrected chi connectivity index (χ3v) is 5.96. The Labute approximate surface area is 190 Å². The lowest BCUT2D eigenvalue weighted by Crippen LogP contribution is -2.27. The van der Waals surface area contributed by atoms with Gasteiger partial charge < -0.3 is 10.1 Å². The number of thioether (sulfide) groups is 1. The minimum absolute atomic E-state index is 0.0335. The lowest BCUT2D eigenvalue weighted by Gasteiger charge is -2.28. The summed E-state index contributed by atoms with van der Waals surface area (Å²) in [5, 5.41) is 8.37. The number of halogens is 1. The van der Waals surface area contributed by atoms with E-state index in [2.05, 4.69) is 15.4 Å². The second-order valence-electron chi connectivity index (χ2n) is 7.90. The number of fused-ring (bicyclic) bond motifs is 1. The number of Topliss-reactive ketones (excluding diaryl/α,β-unsaturated/α-hetero) is 1. The Kier molecular flexibility index (Phi) is 6.32. The van der Waals surface area contributed by atoms with E-state index in [1.165, 1.54) is 17.8 Å². The minimum Gasteiger partial charge on any atom is -0.491 e. The molecule has 0 saturated heterocycles. The van der Waals surface area contributed by atoms with E-state index in [0.717, 1.165) is 17.0 Å². The number of aromatic nitrogens is 3. The van der Waals surface area contributed by atoms with Crippen molar-refractivity contribution in [3.05, 3.63) is 76.7 Å². The van der Waals surface area contributed by atoms with Gasteiger partial charge in [0.2, 0.25) is 11.1 Å². The largest absolute Gasteiger partial charge is 0.491 e. The quantitative estimate of drug-likeness (QED) is 0.486. The van der Waals surface area contributed by atoms with Gasteiger partial charge in [-0.05, 0) is 57.0 Å². The minimum atomic E-state index is -0.435. The molecule has 0 aliphatic carbocycles. The lowest BCUT2D eigenvalue weighted by molar-refractivity contribution is -0.114. The van der Waals surface area contributed by atoms with Crippen molar-refractivity contribution < 1.29 is 13.9 Å². The highest BCUT2D eigenvalue weighted by Gasteiger charge is 2.33. The number of allylic oxidation sites excluding steroid dienone is 2. The first-order valence-corrected chi connectivity index (χ1v) is 11.4. The van der Waals surface area contributed by atoms with Crippen LogP contribution >= 0.6 is 11.8 Å². The van der Waals surface area contributed by atoms with Crippen LogP contribution in [0, 0.1) is 5.82 Å². The molecule has 166 valence electrons. The molecule has 0 fully saturated rings. The Morgan fingerprint density at radius 3 is 2.75 bits per heavy atom. The van der Waals surface area contributed by atoms with E-state index >= 15 is 0 Å². The van der Waals surface area contributed by atoms with Crippen LogP contribution in [-0.4, -0.2) is 26.7 Å². The fraction of sp³-hybridized carbons (Fsp3) is 0.292. The zero-order chi connectivity index (χ0) is 22.8. The molecule has 2 aromatic carbocycles. The number of nitrogens with zero attached hydrogens (tertiary/aromatic N) is 3. The summed E-state index contributed by atoms with van der Waals surface area (Å²) in [6, 6.07) is 13.9. The number of hydrogen-bond donors (Lipinski definition) is 1. The van der Waals surface area contributed by atoms with Crippen LogP contribution in [0.25, 0.3) is 0 Å². The monoisotopic (exact) mass is 452 g/mol. The van der Waals surface area contributed by atoms with Crippen LogP contribution in [0.2, 0.25) is 0 Å². The van der Waals surface area contributed by atoms with Crippen LogP contribution in [0.3, 0.4) is 0 Å². The molecule has 6 nitrogen and oxygen atoms in total. The molecule has 1 unspecified atom stereocenters. The maximum Gasteiger partial charge on any atom is 0.227 e. The van der Waals surface area contributed by atoms with Gasteiger partial charge in [0.15, 0.2) is 5.78 Å². The Morgan fingerprint density at radius 2 is 2.03 bits per heavy atom. The predicted octanol–water partition coefficient (Wildman–Crippen LogP) is 5.37. The highest BCUT2D eigenvalue weighted by molar-refractivity contribution is 7.98. The number of nitrogens with one attached hydrogen (secondary N) is 1. The number of hydrogen-bond acceptors (Lipinski definition) is 6. The number of carbonyl (C=O) groups excluding carboxylic acids is 1. The standard InChI is InChI=1S/C24H25FN4O2S/c1-14(2)31-19-10-7-9-17(12-19)22-21(16(4)30)15(3)26-23-27-24(28-29(22)23)32-13-18-8-5-6-11-20(18)25/h5-12,14,22H,13H2,1-4H3,(H,26,27,28). The van der Waals surface area contributed by atoms with E-state index in [-0.39, 0.29) is 17.7 Å². The molecule has 1 aliphatic heterocycles. The van der Waals surface area contributed by atoms with Crippen LogP contribution in [0.1, 0.15) is 44.9 Å². The van der Waals surface area contributed by atoms with Gasteiger partial charge in [-0.25, -0.2) is 9.07 Å². The van der Waals surface area contributed by atoms with Crippen LogP contribution < -0.4 is 10.1 Å². The molecule has 1 aliphatic rings. The van der Waals surface area contributed by atoms with Gasteiger partial charge in [0.25, 0.3) is 0 Å². The molecule has 1 N–H and O–H groups in total. The molecular weight excluding hydrogens is 427 g/mol. The van der Waals surface area contributed by atoms with Crippen molar-refractivity contribution in [3.8, 4) is 5.75 Å². The molecule has 1 atom stereocenters. The summed E-state index contributed by atoms with van der Waals surface area (Å²) in [5.41, 5.74) is 2.83. The van der Waals surface area contributed by atoms with Crippen molar-refractivity contribution in [2.75, 3.05) is 5.32 Å². The zero-order valence-electron chi connectivity index (χ0n) is 18.4. The molecule has 8 heteroatoms. The topological polar surface area (TPSA) is 69.0 Å². The van der Waals surface area contributed by atoms with Gasteiger partial charge >= 0.3 is 0 Å². The number of ether oxygens (including phenoxy) is 1. The normalized spacial score (nSPS) is 15.5. The maximum atomic E-state index is 14.0. The Morgan fingerprint density at radius 1 is 1.25 bits per heavy atom. The van der Waals surface area contributed by atoms with E-state index in [4.69, 9.17) is 4.74 Å². The summed E-state index contributed by atoms with van der Waals surface area (Å²) in [5.74, 6) is 1.39. The fourth-order valence-electron chi connectivity index (χ4n) is 3.74. The molecule has 0 amide bonds. The number of rotatable bonds is 7. The van der Waals surface area contributed by atoms with Gasteiger partial charge in [-0.3, -0.25) is 4.79 Å². The molecule has 1 aromatic heterocycles. The Hall–Kier alpha value is -3.13. The van der Waals surface area contributed by atoms with Gasteiger partial charge in [0, 0.05) is 17.0 Å². The van der Waals surface area contributed by atoms with Crippen molar-refractivity contribution >= 4 is 23.5 Å². The van der Waals surface area contributed by atoms with Crippen LogP contribution in [-0.2, 0) is 10.5 Å². The van der Waals surface area contributed by atoms with E-state index in [1.54, 1.807) is 29.8 Å². The second-order valence-corrected chi connectivity index (χ2v) is 8.85. The van der Waals surface area contributed by atoms with Gasteiger partial charge in [0.05, 0.1) is 6.10 Å². The number of anilines is 1.